The Morgan fingerprint density at radius 1 is 0.489 bits per heavy atom. The van der Waals surface area contributed by atoms with Gasteiger partial charge >= 0.3 is 0 Å². The molecule has 4 heterocycles. The SMILES string of the molecule is CC(C)(C)S(=O)(=O)CCC(=O)N1CCC([C@H](N)Cc2cc(F)c(F)cc2F)CC1.COCCS(=O)(=O)CCC(=O)N1CCC([C@H](N)Cc2cc(F)c(F)cc2F)CC1.N[C@H](Cc1cc(F)c(F)cc1F)C1CCN(C(=O)CCS(=O)(=O)CC2CCCCO2)CC1. The van der Waals surface area contributed by atoms with Crippen molar-refractivity contribution in [1.29, 1.82) is 0 Å². The molecule has 1 unspecified atom stereocenters. The van der Waals surface area contributed by atoms with Crippen molar-refractivity contribution in [1.82, 2.24) is 14.7 Å². The number of carbonyl (C=O) groups is 3. The van der Waals surface area contributed by atoms with Crippen molar-refractivity contribution >= 4 is 47.2 Å². The fourth-order valence-corrected chi connectivity index (χ4v) is 14.9. The molecule has 0 radical (unpaired) electrons. The molecule has 0 spiro atoms. The zero-order valence-corrected chi connectivity index (χ0v) is 53.9. The molecule has 0 aliphatic carbocycles. The number of piperidine rings is 3. The molecule has 4 fully saturated rings. The van der Waals surface area contributed by atoms with Crippen molar-refractivity contribution in [3.63, 3.8) is 0 Å². The molecule has 0 bridgehead atoms. The second-order valence-electron chi connectivity index (χ2n) is 24.8. The van der Waals surface area contributed by atoms with Crippen LogP contribution in [0.1, 0.15) is 115 Å². The lowest BCUT2D eigenvalue weighted by molar-refractivity contribution is -0.133. The summed E-state index contributed by atoms with van der Waals surface area (Å²) in [6, 6.07) is 2.68. The average molecular weight is 1350 g/mol. The van der Waals surface area contributed by atoms with Crippen molar-refractivity contribution in [2.45, 2.75) is 146 Å². The normalized spacial score (nSPS) is 18.7. The Morgan fingerprint density at radius 2 is 0.811 bits per heavy atom. The van der Waals surface area contributed by atoms with Crippen LogP contribution in [0.4, 0.5) is 39.5 Å². The van der Waals surface area contributed by atoms with Crippen molar-refractivity contribution in [2.24, 2.45) is 35.0 Å². The number of amides is 3. The maximum absolute atomic E-state index is 13.9. The molecule has 3 amide bonds. The van der Waals surface area contributed by atoms with E-state index in [0.717, 1.165) is 37.5 Å². The number of hydrogen-bond acceptors (Lipinski definition) is 14. The third kappa shape index (κ3) is 23.6. The van der Waals surface area contributed by atoms with Gasteiger partial charge in [0.25, 0.3) is 0 Å². The van der Waals surface area contributed by atoms with Crippen molar-refractivity contribution in [2.75, 3.05) is 88.4 Å². The van der Waals surface area contributed by atoms with E-state index in [1.54, 1.807) is 35.5 Å². The lowest BCUT2D eigenvalue weighted by Gasteiger charge is -2.35. The fourth-order valence-electron chi connectivity index (χ4n) is 11.3. The van der Waals surface area contributed by atoms with E-state index in [1.807, 2.05) is 0 Å². The van der Waals surface area contributed by atoms with Gasteiger partial charge in [-0.3, -0.25) is 14.4 Å². The summed E-state index contributed by atoms with van der Waals surface area (Å²) in [5, 5.41) is 0. The summed E-state index contributed by atoms with van der Waals surface area (Å²) in [6.07, 6.45) is 5.87. The highest BCUT2D eigenvalue weighted by Gasteiger charge is 2.34. The zero-order chi connectivity index (χ0) is 66.9. The number of sulfone groups is 3. The van der Waals surface area contributed by atoms with Gasteiger partial charge < -0.3 is 41.4 Å². The first-order chi connectivity index (χ1) is 42.1. The maximum atomic E-state index is 13.9. The molecule has 4 atom stereocenters. The number of nitrogens with two attached hydrogens (primary N) is 3. The van der Waals surface area contributed by atoms with Crippen LogP contribution in [-0.4, -0.2) is 175 Å². The second kappa shape index (κ2) is 34.3. The van der Waals surface area contributed by atoms with Crippen LogP contribution >= 0.6 is 0 Å². The topological polar surface area (TPSA) is 260 Å². The number of nitrogens with zero attached hydrogens (tertiary/aromatic N) is 3. The van der Waals surface area contributed by atoms with E-state index < -0.39 is 105 Å². The van der Waals surface area contributed by atoms with Gasteiger partial charge in [-0.2, -0.15) is 0 Å². The lowest BCUT2D eigenvalue weighted by atomic mass is 9.86. The molecular formula is C61H87F9N6O11S3. The molecular weight excluding hydrogens is 1260 g/mol. The molecule has 508 valence electrons. The van der Waals surface area contributed by atoms with Gasteiger partial charge in [0, 0.05) is 109 Å². The molecule has 4 saturated heterocycles. The predicted octanol–water partition coefficient (Wildman–Crippen LogP) is 7.07. The smallest absolute Gasteiger partial charge is 0.223 e. The van der Waals surface area contributed by atoms with Gasteiger partial charge in [-0.05, 0) is 150 Å². The van der Waals surface area contributed by atoms with Gasteiger partial charge in [0.1, 0.15) is 17.5 Å². The summed E-state index contributed by atoms with van der Waals surface area (Å²) < 4.78 is 203. The number of ether oxygens (including phenoxy) is 2. The zero-order valence-electron chi connectivity index (χ0n) is 51.5. The highest BCUT2D eigenvalue weighted by molar-refractivity contribution is 7.92. The summed E-state index contributed by atoms with van der Waals surface area (Å²) in [6.45, 7) is 8.09. The Hall–Kier alpha value is -4.91. The standard InChI is InChI=1S/C22H31F3N2O4S.C20H29F3N2O3S.C19H27F3N2O4S/c23-18-13-20(25)19(24)11-16(18)12-21(26)15-4-7-27(8-5-15)22(28)6-10-32(29,30)14-17-3-1-2-9-31-17;1-20(2,3)29(27,28)9-6-19(26)25-7-4-13(5-8-25)18(24)11-14-10-16(22)17(23)12-15(14)21;1-28-7-9-29(26,27)8-4-19(25)24-5-2-13(3-6-24)18(23)11-14-10-16(21)17(22)12-15(14)20/h11,13,15,17,21H,1-10,12,14,26H2;10,12-13,18H,4-9,11,24H2,1-3H3;10,12-13,18H,2-9,11,23H2,1H3/t17?,21-;2*18-/m111/s1. The van der Waals surface area contributed by atoms with Crippen LogP contribution in [0, 0.1) is 70.1 Å². The first-order valence-electron chi connectivity index (χ1n) is 30.3. The third-order valence-electron chi connectivity index (χ3n) is 17.2. The van der Waals surface area contributed by atoms with Crippen LogP contribution in [0.25, 0.3) is 0 Å². The largest absolute Gasteiger partial charge is 0.384 e. The van der Waals surface area contributed by atoms with E-state index in [4.69, 9.17) is 26.7 Å². The minimum Gasteiger partial charge on any atom is -0.384 e. The number of hydrogen-bond donors (Lipinski definition) is 3. The molecule has 0 saturated carbocycles. The minimum absolute atomic E-state index is 0.00116. The minimum atomic E-state index is -3.37. The monoisotopic (exact) mass is 1350 g/mol. The van der Waals surface area contributed by atoms with E-state index in [9.17, 15) is 79.2 Å². The van der Waals surface area contributed by atoms with Gasteiger partial charge in [0.15, 0.2) is 64.4 Å². The summed E-state index contributed by atoms with van der Waals surface area (Å²) in [5.74, 6) is -11.0. The van der Waals surface area contributed by atoms with Crippen LogP contribution in [0.15, 0.2) is 36.4 Å². The Bertz CT molecular complexity index is 3230. The molecule has 29 heteroatoms. The average Bonchev–Trinajstić information content (AvgIpc) is 1.34. The Balaban J connectivity index is 0.000000246. The number of likely N-dealkylation sites (tertiary alicyclic amines) is 3. The Kier molecular flexibility index (Phi) is 28.9. The van der Waals surface area contributed by atoms with Crippen molar-refractivity contribution in [3.8, 4) is 0 Å². The molecule has 0 aromatic heterocycles. The molecule has 3 aromatic carbocycles. The van der Waals surface area contributed by atoms with Crippen LogP contribution in [0.3, 0.4) is 0 Å². The third-order valence-corrected chi connectivity index (χ3v) is 23.1. The van der Waals surface area contributed by atoms with Gasteiger partial charge in [-0.15, -0.1) is 0 Å². The number of halogens is 9. The number of methoxy groups -OCH3 is 1. The first-order valence-corrected chi connectivity index (χ1v) is 35.6. The molecule has 4 aliphatic heterocycles. The number of carbonyl (C=O) groups excluding carboxylic acids is 3. The molecule has 4 aliphatic rings. The van der Waals surface area contributed by atoms with Gasteiger partial charge in [0.2, 0.25) is 17.7 Å². The molecule has 7 rings (SSSR count). The second-order valence-corrected chi connectivity index (χ2v) is 32.2. The van der Waals surface area contributed by atoms with Crippen LogP contribution in [-0.2, 0) is 72.6 Å². The summed E-state index contributed by atoms with van der Waals surface area (Å²) in [5.41, 5.74) is 18.6. The molecule has 3 aromatic rings. The number of benzene rings is 3. The summed E-state index contributed by atoms with van der Waals surface area (Å²) in [4.78, 5) is 42.0. The highest BCUT2D eigenvalue weighted by Crippen LogP contribution is 2.29. The van der Waals surface area contributed by atoms with Gasteiger partial charge in [-0.1, -0.05) is 0 Å². The summed E-state index contributed by atoms with van der Waals surface area (Å²) in [7, 11) is -8.65. The van der Waals surface area contributed by atoms with Crippen LogP contribution in [0.2, 0.25) is 0 Å². The molecule has 17 nitrogen and oxygen atoms in total. The van der Waals surface area contributed by atoms with Crippen molar-refractivity contribution < 1.29 is 88.6 Å². The van der Waals surface area contributed by atoms with Crippen molar-refractivity contribution in [3.05, 3.63) is 105 Å². The quantitative estimate of drug-likeness (QED) is 0.0634. The van der Waals surface area contributed by atoms with Gasteiger partial charge in [-0.25, -0.2) is 64.8 Å². The van der Waals surface area contributed by atoms with E-state index in [0.29, 0.717) is 103 Å². The molecule has 6 N–H and O–H groups in total. The first kappa shape index (κ1) is 75.8. The van der Waals surface area contributed by atoms with E-state index in [2.05, 4.69) is 0 Å². The number of rotatable bonds is 23. The highest BCUT2D eigenvalue weighted by atomic mass is 32.2. The fraction of sp³-hybridized carbons (Fsp3) is 0.656. The Morgan fingerprint density at radius 3 is 1.12 bits per heavy atom. The molecule has 90 heavy (non-hydrogen) atoms. The van der Waals surface area contributed by atoms with E-state index in [1.165, 1.54) is 7.11 Å². The van der Waals surface area contributed by atoms with Gasteiger partial charge in [0.05, 0.1) is 46.2 Å². The van der Waals surface area contributed by atoms with Crippen LogP contribution < -0.4 is 17.2 Å². The predicted molar refractivity (Wildman–Crippen MR) is 322 cm³/mol. The summed E-state index contributed by atoms with van der Waals surface area (Å²) >= 11 is 0. The Labute approximate surface area is 523 Å². The van der Waals surface area contributed by atoms with Crippen LogP contribution in [0.5, 0.6) is 0 Å². The lowest BCUT2D eigenvalue weighted by Crippen LogP contribution is -2.44. The van der Waals surface area contributed by atoms with E-state index in [-0.39, 0.29) is 132 Å². The van der Waals surface area contributed by atoms with E-state index >= 15 is 0 Å². The maximum Gasteiger partial charge on any atom is 0.223 e.